The maximum Gasteiger partial charge on any atom is 0.158 e. The molecule has 0 atom stereocenters. The number of carbonyl (C=O) groups is 1. The van der Waals surface area contributed by atoms with Crippen molar-refractivity contribution in [1.29, 1.82) is 0 Å². The highest BCUT2D eigenvalue weighted by Gasteiger charge is 2.40. The van der Waals surface area contributed by atoms with Gasteiger partial charge in [0.2, 0.25) is 0 Å². The summed E-state index contributed by atoms with van der Waals surface area (Å²) in [5.41, 5.74) is 1.85. The molecule has 1 aromatic rings. The molecular formula is C18H28N2O. The zero-order chi connectivity index (χ0) is 15.3. The first-order chi connectivity index (χ1) is 10.1. The van der Waals surface area contributed by atoms with Gasteiger partial charge in [-0.3, -0.25) is 14.7 Å². The number of likely N-dealkylation sites (N-methyl/N-ethyl adjacent to an activating group) is 1. The number of ketones is 1. The predicted molar refractivity (Wildman–Crippen MR) is 86.4 cm³/mol. The zero-order valence-electron chi connectivity index (χ0n) is 13.7. The largest absolute Gasteiger partial charge is 0.297 e. The van der Waals surface area contributed by atoms with Crippen molar-refractivity contribution in [2.24, 2.45) is 0 Å². The van der Waals surface area contributed by atoms with Crippen LogP contribution in [-0.4, -0.2) is 35.3 Å². The van der Waals surface area contributed by atoms with Gasteiger partial charge in [-0.15, -0.1) is 0 Å². The molecule has 0 aliphatic heterocycles. The highest BCUT2D eigenvalue weighted by molar-refractivity contribution is 5.90. The van der Waals surface area contributed by atoms with Crippen LogP contribution in [0, 0.1) is 0 Å². The zero-order valence-corrected chi connectivity index (χ0v) is 13.7. The highest BCUT2D eigenvalue weighted by atomic mass is 16.1. The molecule has 1 aromatic heterocycles. The lowest BCUT2D eigenvalue weighted by atomic mass is 9.82. The first-order valence-corrected chi connectivity index (χ1v) is 8.23. The molecular weight excluding hydrogens is 260 g/mol. The van der Waals surface area contributed by atoms with E-state index in [1.807, 2.05) is 12.3 Å². The Balaban J connectivity index is 2.14. The number of hydrogen-bond acceptors (Lipinski definition) is 3. The molecule has 21 heavy (non-hydrogen) atoms. The van der Waals surface area contributed by atoms with E-state index in [0.717, 1.165) is 37.8 Å². The molecule has 0 unspecified atom stereocenters. The summed E-state index contributed by atoms with van der Waals surface area (Å²) in [6, 6.07) is 4.10. The SMILES string of the molecule is CCc1ccc(CC(=O)C2(N(C)C)CCCCCC2)nc1. The third-order valence-electron chi connectivity index (χ3n) is 4.94. The molecule has 0 saturated heterocycles. The second-order valence-electron chi connectivity index (χ2n) is 6.45. The van der Waals surface area contributed by atoms with Crippen molar-refractivity contribution in [1.82, 2.24) is 9.88 Å². The summed E-state index contributed by atoms with van der Waals surface area (Å²) in [6.07, 6.45) is 10.2. The summed E-state index contributed by atoms with van der Waals surface area (Å²) >= 11 is 0. The van der Waals surface area contributed by atoms with Crippen LogP contribution < -0.4 is 0 Å². The Morgan fingerprint density at radius 2 is 1.86 bits per heavy atom. The van der Waals surface area contributed by atoms with Crippen LogP contribution in [0.4, 0.5) is 0 Å². The summed E-state index contributed by atoms with van der Waals surface area (Å²) in [5, 5.41) is 0. The van der Waals surface area contributed by atoms with Gasteiger partial charge in [-0.2, -0.15) is 0 Å². The summed E-state index contributed by atoms with van der Waals surface area (Å²) in [7, 11) is 4.10. The standard InChI is InChI=1S/C18H28N2O/c1-4-15-9-10-16(19-14-15)13-17(21)18(20(2)3)11-7-5-6-8-12-18/h9-10,14H,4-8,11-13H2,1-3H3. The molecule has 0 N–H and O–H groups in total. The van der Waals surface area contributed by atoms with E-state index in [2.05, 4.69) is 37.0 Å². The number of aryl methyl sites for hydroxylation is 1. The van der Waals surface area contributed by atoms with Crippen molar-refractivity contribution in [2.75, 3.05) is 14.1 Å². The second-order valence-corrected chi connectivity index (χ2v) is 6.45. The fourth-order valence-electron chi connectivity index (χ4n) is 3.39. The molecule has 116 valence electrons. The van der Waals surface area contributed by atoms with Crippen LogP contribution in [-0.2, 0) is 17.6 Å². The second kappa shape index (κ2) is 7.17. The Hall–Kier alpha value is -1.22. The fraction of sp³-hybridized carbons (Fsp3) is 0.667. The average molecular weight is 288 g/mol. The van der Waals surface area contributed by atoms with Crippen LogP contribution in [0.1, 0.15) is 56.7 Å². The van der Waals surface area contributed by atoms with Gasteiger partial charge in [0.25, 0.3) is 0 Å². The number of carbonyl (C=O) groups excluding carboxylic acids is 1. The first kappa shape index (κ1) is 16.2. The van der Waals surface area contributed by atoms with Crippen LogP contribution >= 0.6 is 0 Å². The van der Waals surface area contributed by atoms with Gasteiger partial charge in [0.15, 0.2) is 5.78 Å². The normalized spacial score (nSPS) is 18.5. The van der Waals surface area contributed by atoms with E-state index in [9.17, 15) is 4.79 Å². The van der Waals surface area contributed by atoms with Gasteiger partial charge >= 0.3 is 0 Å². The molecule has 1 fully saturated rings. The van der Waals surface area contributed by atoms with Gasteiger partial charge in [0.1, 0.15) is 0 Å². The molecule has 0 spiro atoms. The van der Waals surface area contributed by atoms with E-state index in [-0.39, 0.29) is 5.54 Å². The maximum absolute atomic E-state index is 13.0. The number of aromatic nitrogens is 1. The fourth-order valence-corrected chi connectivity index (χ4v) is 3.39. The van der Waals surface area contributed by atoms with E-state index in [0.29, 0.717) is 12.2 Å². The quantitative estimate of drug-likeness (QED) is 0.778. The van der Waals surface area contributed by atoms with E-state index >= 15 is 0 Å². The first-order valence-electron chi connectivity index (χ1n) is 8.23. The molecule has 1 saturated carbocycles. The Bertz CT molecular complexity index is 457. The van der Waals surface area contributed by atoms with E-state index in [1.54, 1.807) is 0 Å². The molecule has 1 aliphatic carbocycles. The van der Waals surface area contributed by atoms with Gasteiger partial charge in [0.05, 0.1) is 12.0 Å². The van der Waals surface area contributed by atoms with Gasteiger partial charge in [0, 0.05) is 11.9 Å². The molecule has 0 radical (unpaired) electrons. The molecule has 2 rings (SSSR count). The lowest BCUT2D eigenvalue weighted by Gasteiger charge is -2.38. The average Bonchev–Trinajstić information content (AvgIpc) is 2.75. The summed E-state index contributed by atoms with van der Waals surface area (Å²) in [4.78, 5) is 19.6. The molecule has 1 heterocycles. The molecule has 1 aliphatic rings. The minimum atomic E-state index is -0.276. The third-order valence-corrected chi connectivity index (χ3v) is 4.94. The van der Waals surface area contributed by atoms with Gasteiger partial charge in [-0.1, -0.05) is 38.7 Å². The van der Waals surface area contributed by atoms with E-state index in [1.165, 1.54) is 18.4 Å². The molecule has 0 bridgehead atoms. The summed E-state index contributed by atoms with van der Waals surface area (Å²) in [5.74, 6) is 0.339. The van der Waals surface area contributed by atoms with E-state index < -0.39 is 0 Å². The molecule has 0 aromatic carbocycles. The van der Waals surface area contributed by atoms with Crippen LogP contribution in [0.5, 0.6) is 0 Å². The Labute approximate surface area is 128 Å². The lowest BCUT2D eigenvalue weighted by Crippen LogP contribution is -2.51. The van der Waals surface area contributed by atoms with Crippen molar-refractivity contribution in [3.05, 3.63) is 29.6 Å². The summed E-state index contributed by atoms with van der Waals surface area (Å²) in [6.45, 7) is 2.12. The van der Waals surface area contributed by atoms with Crippen LogP contribution in [0.15, 0.2) is 18.3 Å². The van der Waals surface area contributed by atoms with Crippen LogP contribution in [0.25, 0.3) is 0 Å². The van der Waals surface area contributed by atoms with Crippen molar-refractivity contribution in [3.8, 4) is 0 Å². The van der Waals surface area contributed by atoms with Crippen LogP contribution in [0.2, 0.25) is 0 Å². The predicted octanol–water partition coefficient (Wildman–Crippen LogP) is 3.41. The van der Waals surface area contributed by atoms with Gasteiger partial charge in [-0.25, -0.2) is 0 Å². The van der Waals surface area contributed by atoms with Crippen molar-refractivity contribution < 1.29 is 4.79 Å². The minimum absolute atomic E-state index is 0.276. The number of nitrogens with zero attached hydrogens (tertiary/aromatic N) is 2. The van der Waals surface area contributed by atoms with E-state index in [4.69, 9.17) is 0 Å². The number of pyridine rings is 1. The topological polar surface area (TPSA) is 33.2 Å². The number of Topliss-reactive ketones (excluding diaryl/α,β-unsaturated/α-hetero) is 1. The molecule has 0 amide bonds. The van der Waals surface area contributed by atoms with Crippen molar-refractivity contribution in [3.63, 3.8) is 0 Å². The monoisotopic (exact) mass is 288 g/mol. The number of hydrogen-bond donors (Lipinski definition) is 0. The van der Waals surface area contributed by atoms with Crippen LogP contribution in [0.3, 0.4) is 0 Å². The van der Waals surface area contributed by atoms with Gasteiger partial charge in [-0.05, 0) is 45.0 Å². The van der Waals surface area contributed by atoms with Crippen molar-refractivity contribution in [2.45, 2.75) is 63.8 Å². The minimum Gasteiger partial charge on any atom is -0.297 e. The Kier molecular flexibility index (Phi) is 5.51. The Morgan fingerprint density at radius 3 is 2.33 bits per heavy atom. The highest BCUT2D eigenvalue weighted by Crippen LogP contribution is 2.32. The number of rotatable bonds is 5. The third kappa shape index (κ3) is 3.70. The smallest absolute Gasteiger partial charge is 0.158 e. The summed E-state index contributed by atoms with van der Waals surface area (Å²) < 4.78 is 0. The van der Waals surface area contributed by atoms with Gasteiger partial charge < -0.3 is 0 Å². The Morgan fingerprint density at radius 1 is 1.19 bits per heavy atom. The van der Waals surface area contributed by atoms with Crippen molar-refractivity contribution >= 4 is 5.78 Å². The molecule has 3 heteroatoms. The molecule has 3 nitrogen and oxygen atoms in total. The maximum atomic E-state index is 13.0. The lowest BCUT2D eigenvalue weighted by molar-refractivity contribution is -0.130.